The first-order valence-corrected chi connectivity index (χ1v) is 14.1. The van der Waals surface area contributed by atoms with Crippen LogP contribution in [0.2, 0.25) is 0 Å². The van der Waals surface area contributed by atoms with Gasteiger partial charge in [-0.05, 0) is 69.4 Å². The summed E-state index contributed by atoms with van der Waals surface area (Å²) in [5.74, 6) is 1.03. The molecule has 8 rings (SSSR count). The highest BCUT2D eigenvalue weighted by atomic mass is 32.1. The molecule has 0 atom stereocenters. The topological polar surface area (TPSA) is 38.9 Å². The van der Waals surface area contributed by atoms with Gasteiger partial charge in [0.05, 0.1) is 0 Å². The molecule has 0 saturated heterocycles. The van der Waals surface area contributed by atoms with Gasteiger partial charge in [-0.3, -0.25) is 0 Å². The zero-order chi connectivity index (χ0) is 26.5. The highest BCUT2D eigenvalue weighted by molar-refractivity contribution is 7.26. The van der Waals surface area contributed by atoms with Crippen LogP contribution in [0.1, 0.15) is 0 Å². The van der Waals surface area contributed by atoms with Gasteiger partial charge in [-0.15, -0.1) is 21.5 Å². The summed E-state index contributed by atoms with van der Waals surface area (Å²) >= 11 is 1.84. The second-order valence-corrected chi connectivity index (χ2v) is 11.0. The van der Waals surface area contributed by atoms with Crippen LogP contribution >= 0.6 is 11.3 Å². The lowest BCUT2D eigenvalue weighted by molar-refractivity contribution is 0.584. The van der Waals surface area contributed by atoms with E-state index in [1.165, 1.54) is 47.6 Å². The predicted octanol–water partition coefficient (Wildman–Crippen LogP) is 10.3. The molecule has 2 aromatic heterocycles. The fourth-order valence-corrected chi connectivity index (χ4v) is 6.64. The zero-order valence-electron chi connectivity index (χ0n) is 21.4. The Morgan fingerprint density at radius 3 is 1.82 bits per heavy atom. The molecule has 0 aliphatic rings. The van der Waals surface area contributed by atoms with Crippen LogP contribution in [0, 0.1) is 0 Å². The molecule has 8 aromatic rings. The first-order chi connectivity index (χ1) is 19.8. The summed E-state index contributed by atoms with van der Waals surface area (Å²) in [5, 5.41) is 13.8. The summed E-state index contributed by atoms with van der Waals surface area (Å²) in [5.41, 5.74) is 6.55. The van der Waals surface area contributed by atoms with Gasteiger partial charge in [0.1, 0.15) is 0 Å². The Labute approximate surface area is 235 Å². The van der Waals surface area contributed by atoms with Gasteiger partial charge in [0.2, 0.25) is 11.8 Å². The molecule has 0 fully saturated rings. The summed E-state index contributed by atoms with van der Waals surface area (Å²) in [6.07, 6.45) is 0. The third-order valence-corrected chi connectivity index (χ3v) is 8.71. The van der Waals surface area contributed by atoms with Gasteiger partial charge in [0.15, 0.2) is 0 Å². The van der Waals surface area contributed by atoms with Crippen molar-refractivity contribution in [3.63, 3.8) is 0 Å². The Kier molecular flexibility index (Phi) is 5.32. The molecular weight excluding hydrogens is 508 g/mol. The molecular formula is C36H22N2OS. The molecule has 40 heavy (non-hydrogen) atoms. The summed E-state index contributed by atoms with van der Waals surface area (Å²) in [6, 6.07) is 46.8. The Morgan fingerprint density at radius 2 is 1.05 bits per heavy atom. The number of benzene rings is 6. The Hall–Kier alpha value is -5.06. The van der Waals surface area contributed by atoms with E-state index in [0.29, 0.717) is 11.8 Å². The quantitative estimate of drug-likeness (QED) is 0.227. The molecule has 188 valence electrons. The van der Waals surface area contributed by atoms with Crippen molar-refractivity contribution in [2.75, 3.05) is 0 Å². The number of aromatic nitrogens is 2. The standard InChI is InChI=1S/C36H22N2OS/c1-2-7-28-22-29(21-14-23(28)6-1)24-12-17-26(18-13-24)35-37-38-36(39-35)27-19-15-25(16-20-27)30-9-5-10-32-31-8-3-4-11-33(31)40-34(30)32/h1-22H. The van der Waals surface area contributed by atoms with Crippen LogP contribution < -0.4 is 0 Å². The predicted molar refractivity (Wildman–Crippen MR) is 166 cm³/mol. The second kappa shape index (κ2) is 9.30. The van der Waals surface area contributed by atoms with E-state index in [2.05, 4.69) is 132 Å². The van der Waals surface area contributed by atoms with E-state index >= 15 is 0 Å². The first-order valence-electron chi connectivity index (χ1n) is 13.2. The van der Waals surface area contributed by atoms with Gasteiger partial charge < -0.3 is 4.42 Å². The molecule has 3 nitrogen and oxygen atoms in total. The van der Waals surface area contributed by atoms with Gasteiger partial charge in [0.25, 0.3) is 0 Å². The van der Waals surface area contributed by atoms with Crippen molar-refractivity contribution in [3.8, 4) is 45.2 Å². The zero-order valence-corrected chi connectivity index (χ0v) is 22.2. The lowest BCUT2D eigenvalue weighted by Crippen LogP contribution is -1.81. The maximum Gasteiger partial charge on any atom is 0.248 e. The normalized spacial score (nSPS) is 11.5. The molecule has 0 aliphatic heterocycles. The van der Waals surface area contributed by atoms with Crippen LogP contribution in [0.5, 0.6) is 0 Å². The smallest absolute Gasteiger partial charge is 0.248 e. The van der Waals surface area contributed by atoms with Crippen LogP contribution in [0.3, 0.4) is 0 Å². The SMILES string of the molecule is c1ccc2cc(-c3ccc(-c4nnc(-c5ccc(-c6cccc7c6sc6ccccc67)cc5)o4)cc3)ccc2c1. The van der Waals surface area contributed by atoms with Crippen LogP contribution in [0.15, 0.2) is 138 Å². The molecule has 0 amide bonds. The number of thiophene rings is 1. The van der Waals surface area contributed by atoms with Crippen LogP contribution in [0.25, 0.3) is 76.1 Å². The number of fused-ring (bicyclic) bond motifs is 4. The minimum Gasteiger partial charge on any atom is -0.416 e. The van der Waals surface area contributed by atoms with E-state index in [0.717, 1.165) is 16.7 Å². The molecule has 0 radical (unpaired) electrons. The number of hydrogen-bond donors (Lipinski definition) is 0. The van der Waals surface area contributed by atoms with Gasteiger partial charge in [-0.1, -0.05) is 97.1 Å². The molecule has 0 N–H and O–H groups in total. The van der Waals surface area contributed by atoms with Crippen molar-refractivity contribution in [2.45, 2.75) is 0 Å². The fourth-order valence-electron chi connectivity index (χ4n) is 5.40. The van der Waals surface area contributed by atoms with Crippen LogP contribution in [-0.4, -0.2) is 10.2 Å². The molecule has 2 heterocycles. The lowest BCUT2D eigenvalue weighted by Gasteiger charge is -2.05. The van der Waals surface area contributed by atoms with Crippen molar-refractivity contribution < 1.29 is 4.42 Å². The summed E-state index contributed by atoms with van der Waals surface area (Å²) < 4.78 is 8.71. The number of nitrogens with zero attached hydrogens (tertiary/aromatic N) is 2. The molecule has 0 saturated carbocycles. The Balaban J connectivity index is 1.06. The van der Waals surface area contributed by atoms with Crippen molar-refractivity contribution >= 4 is 42.3 Å². The molecule has 0 unspecified atom stereocenters. The third kappa shape index (κ3) is 3.89. The Bertz CT molecular complexity index is 2150. The van der Waals surface area contributed by atoms with E-state index in [4.69, 9.17) is 4.42 Å². The van der Waals surface area contributed by atoms with Gasteiger partial charge >= 0.3 is 0 Å². The molecule has 0 bridgehead atoms. The lowest BCUT2D eigenvalue weighted by atomic mass is 10.0. The van der Waals surface area contributed by atoms with E-state index in [-0.39, 0.29) is 0 Å². The molecule has 4 heteroatoms. The highest BCUT2D eigenvalue weighted by Gasteiger charge is 2.13. The van der Waals surface area contributed by atoms with Crippen molar-refractivity contribution in [3.05, 3.63) is 133 Å². The largest absolute Gasteiger partial charge is 0.416 e. The maximum atomic E-state index is 6.09. The van der Waals surface area contributed by atoms with E-state index in [1.54, 1.807) is 0 Å². The van der Waals surface area contributed by atoms with E-state index in [9.17, 15) is 0 Å². The third-order valence-electron chi connectivity index (χ3n) is 7.49. The van der Waals surface area contributed by atoms with Crippen molar-refractivity contribution in [2.24, 2.45) is 0 Å². The summed E-state index contributed by atoms with van der Waals surface area (Å²) in [6.45, 7) is 0. The Morgan fingerprint density at radius 1 is 0.450 bits per heavy atom. The van der Waals surface area contributed by atoms with Crippen molar-refractivity contribution in [1.82, 2.24) is 10.2 Å². The number of rotatable bonds is 4. The van der Waals surface area contributed by atoms with Crippen LogP contribution in [-0.2, 0) is 0 Å². The summed E-state index contributed by atoms with van der Waals surface area (Å²) in [7, 11) is 0. The van der Waals surface area contributed by atoms with E-state index < -0.39 is 0 Å². The minimum absolute atomic E-state index is 0.513. The average molecular weight is 531 g/mol. The fraction of sp³-hybridized carbons (Fsp3) is 0. The monoisotopic (exact) mass is 530 g/mol. The molecule has 0 aliphatic carbocycles. The average Bonchev–Trinajstić information content (AvgIpc) is 3.67. The van der Waals surface area contributed by atoms with Crippen LogP contribution in [0.4, 0.5) is 0 Å². The van der Waals surface area contributed by atoms with Gasteiger partial charge in [-0.2, -0.15) is 0 Å². The first kappa shape index (κ1) is 22.9. The maximum absolute atomic E-state index is 6.09. The molecule has 6 aromatic carbocycles. The minimum atomic E-state index is 0.513. The second-order valence-electron chi connectivity index (χ2n) is 9.91. The van der Waals surface area contributed by atoms with Gasteiger partial charge in [-0.25, -0.2) is 0 Å². The number of hydrogen-bond acceptors (Lipinski definition) is 4. The highest BCUT2D eigenvalue weighted by Crippen LogP contribution is 2.40. The summed E-state index contributed by atoms with van der Waals surface area (Å²) in [4.78, 5) is 0. The van der Waals surface area contributed by atoms with Crippen molar-refractivity contribution in [1.29, 1.82) is 0 Å². The molecule has 0 spiro atoms. The van der Waals surface area contributed by atoms with E-state index in [1.807, 2.05) is 23.5 Å². The van der Waals surface area contributed by atoms with Gasteiger partial charge in [0, 0.05) is 31.3 Å².